The predicted octanol–water partition coefficient (Wildman–Crippen LogP) is 1.67. The van der Waals surface area contributed by atoms with Crippen LogP contribution in [0.5, 0.6) is 0 Å². The summed E-state index contributed by atoms with van der Waals surface area (Å²) in [5, 5.41) is 8.77. The van der Waals surface area contributed by atoms with E-state index in [2.05, 4.69) is 33.1 Å². The lowest BCUT2D eigenvalue weighted by atomic mass is 9.93. The number of nitrogens with one attached hydrogen (secondary N) is 3. The zero-order valence-corrected chi connectivity index (χ0v) is 19.4. The number of imide groups is 1. The molecule has 0 radical (unpaired) electrons. The molecule has 178 valence electrons. The summed E-state index contributed by atoms with van der Waals surface area (Å²) in [7, 11) is 0. The van der Waals surface area contributed by atoms with Gasteiger partial charge in [0.2, 0.25) is 5.91 Å². The van der Waals surface area contributed by atoms with Gasteiger partial charge in [0.05, 0.1) is 18.1 Å². The number of benzene rings is 2. The Kier molecular flexibility index (Phi) is 5.47. The van der Waals surface area contributed by atoms with Crippen LogP contribution in [0.25, 0.3) is 10.9 Å². The second-order valence-corrected chi connectivity index (χ2v) is 9.12. The van der Waals surface area contributed by atoms with Crippen molar-refractivity contribution in [2.75, 3.05) is 13.1 Å². The highest BCUT2D eigenvalue weighted by atomic mass is 16.2. The highest BCUT2D eigenvalue weighted by Crippen LogP contribution is 2.26. The number of fused-ring (bicyclic) bond motifs is 1. The van der Waals surface area contributed by atoms with Crippen LogP contribution in [-0.2, 0) is 16.0 Å². The third kappa shape index (κ3) is 4.09. The molecule has 0 saturated carbocycles. The maximum atomic E-state index is 13.0. The van der Waals surface area contributed by atoms with E-state index in [4.69, 9.17) is 0 Å². The van der Waals surface area contributed by atoms with E-state index in [1.807, 2.05) is 37.3 Å². The van der Waals surface area contributed by atoms with Crippen LogP contribution in [0.2, 0.25) is 0 Å². The third-order valence-corrected chi connectivity index (χ3v) is 6.70. The number of hydrogen-bond donors (Lipinski definition) is 3. The number of aromatic nitrogens is 1. The number of carbonyl (C=O) groups is 4. The average molecular weight is 472 g/mol. The molecule has 9 nitrogen and oxygen atoms in total. The minimum absolute atomic E-state index is 0.00307. The van der Waals surface area contributed by atoms with Gasteiger partial charge in [0.15, 0.2) is 5.54 Å². The molecule has 1 aromatic heterocycles. The summed E-state index contributed by atoms with van der Waals surface area (Å²) in [4.78, 5) is 55.4. The largest absolute Gasteiger partial charge is 0.345 e. The molecule has 9 heteroatoms. The van der Waals surface area contributed by atoms with E-state index in [0.717, 1.165) is 27.7 Å². The fourth-order valence-electron chi connectivity index (χ4n) is 4.90. The van der Waals surface area contributed by atoms with E-state index >= 15 is 0 Å². The quantitative estimate of drug-likeness (QED) is 0.500. The van der Waals surface area contributed by atoms with Crippen molar-refractivity contribution in [3.63, 3.8) is 0 Å². The van der Waals surface area contributed by atoms with Crippen LogP contribution in [0.3, 0.4) is 0 Å². The van der Waals surface area contributed by atoms with Gasteiger partial charge in [-0.2, -0.15) is 0 Å². The third-order valence-electron chi connectivity index (χ3n) is 6.70. The molecule has 3 heterocycles. The summed E-state index contributed by atoms with van der Waals surface area (Å²) < 4.78 is 0. The summed E-state index contributed by atoms with van der Waals surface area (Å²) in [5.41, 5.74) is 3.14. The van der Waals surface area contributed by atoms with Crippen LogP contribution in [0, 0.1) is 6.92 Å². The van der Waals surface area contributed by atoms with Crippen LogP contribution < -0.4 is 16.0 Å². The van der Waals surface area contributed by atoms with Gasteiger partial charge >= 0.3 is 6.03 Å². The van der Waals surface area contributed by atoms with Crippen LogP contribution in [0.4, 0.5) is 4.79 Å². The van der Waals surface area contributed by atoms with E-state index in [1.54, 1.807) is 12.1 Å². The first-order chi connectivity index (χ1) is 16.7. The van der Waals surface area contributed by atoms with E-state index < -0.39 is 23.5 Å². The molecule has 5 rings (SSSR count). The van der Waals surface area contributed by atoms with E-state index in [0.29, 0.717) is 12.0 Å². The number of pyridine rings is 1. The Hall–Kier alpha value is -4.27. The number of amides is 5. The van der Waals surface area contributed by atoms with Crippen LogP contribution in [0.1, 0.15) is 34.1 Å². The maximum absolute atomic E-state index is 13.0. The molecular weight excluding hydrogens is 446 g/mol. The van der Waals surface area contributed by atoms with Gasteiger partial charge in [0, 0.05) is 30.1 Å². The molecule has 2 saturated heterocycles. The van der Waals surface area contributed by atoms with E-state index in [9.17, 15) is 19.2 Å². The van der Waals surface area contributed by atoms with Gasteiger partial charge in [-0.05, 0) is 48.7 Å². The van der Waals surface area contributed by atoms with Gasteiger partial charge < -0.3 is 15.5 Å². The summed E-state index contributed by atoms with van der Waals surface area (Å²) in [6, 6.07) is 16.0. The molecule has 3 N–H and O–H groups in total. The molecule has 3 aromatic rings. The molecule has 1 spiro atoms. The van der Waals surface area contributed by atoms with Crippen molar-refractivity contribution in [2.24, 2.45) is 0 Å². The Morgan fingerprint density at radius 2 is 1.89 bits per heavy atom. The van der Waals surface area contributed by atoms with Crippen molar-refractivity contribution >= 4 is 34.7 Å². The molecule has 2 aliphatic heterocycles. The number of urea groups is 1. The minimum atomic E-state index is -1.38. The Bertz CT molecular complexity index is 1370. The molecule has 2 aromatic carbocycles. The number of carbonyl (C=O) groups excluding carboxylic acids is 4. The SMILES string of the molecule is CC(=O)N1CC(NC(=O)c2ccc(Cc3cc(C)nc4ccccc34)cc2)C2(C1)NC(=O)NC2=O. The van der Waals surface area contributed by atoms with Gasteiger partial charge in [-0.15, -0.1) is 0 Å². The topological polar surface area (TPSA) is 120 Å². The highest BCUT2D eigenvalue weighted by molar-refractivity contribution is 6.09. The Balaban J connectivity index is 1.34. The van der Waals surface area contributed by atoms with Crippen molar-refractivity contribution in [1.82, 2.24) is 25.8 Å². The molecule has 2 unspecified atom stereocenters. The molecule has 0 bridgehead atoms. The normalized spacial score (nSPS) is 21.3. The molecule has 35 heavy (non-hydrogen) atoms. The Morgan fingerprint density at radius 1 is 1.14 bits per heavy atom. The van der Waals surface area contributed by atoms with Crippen molar-refractivity contribution in [1.29, 1.82) is 0 Å². The summed E-state index contributed by atoms with van der Waals surface area (Å²) >= 11 is 0. The monoisotopic (exact) mass is 471 g/mol. The molecule has 2 fully saturated rings. The second-order valence-electron chi connectivity index (χ2n) is 9.12. The average Bonchev–Trinajstić information content (AvgIpc) is 3.32. The van der Waals surface area contributed by atoms with Crippen molar-refractivity contribution in [2.45, 2.75) is 31.8 Å². The number of likely N-dealkylation sites (tertiary alicyclic amines) is 1. The number of hydrogen-bond acceptors (Lipinski definition) is 5. The smallest absolute Gasteiger partial charge is 0.322 e. The van der Waals surface area contributed by atoms with Gasteiger partial charge in [0.1, 0.15) is 0 Å². The van der Waals surface area contributed by atoms with E-state index in [1.165, 1.54) is 11.8 Å². The molecular formula is C26H25N5O4. The lowest BCUT2D eigenvalue weighted by molar-refractivity contribution is -0.128. The first-order valence-corrected chi connectivity index (χ1v) is 11.4. The Morgan fingerprint density at radius 3 is 2.57 bits per heavy atom. The number of aryl methyl sites for hydroxylation is 1. The Labute approximate surface area is 201 Å². The van der Waals surface area contributed by atoms with Gasteiger partial charge in [-0.3, -0.25) is 24.7 Å². The first-order valence-electron chi connectivity index (χ1n) is 11.4. The lowest BCUT2D eigenvalue weighted by Gasteiger charge is -2.27. The molecule has 2 atom stereocenters. The molecule has 2 aliphatic rings. The summed E-state index contributed by atoms with van der Waals surface area (Å²) in [6.45, 7) is 3.49. The first kappa shape index (κ1) is 22.5. The fraction of sp³-hybridized carbons (Fsp3) is 0.269. The second kappa shape index (κ2) is 8.50. The van der Waals surface area contributed by atoms with Crippen molar-refractivity contribution in [3.05, 3.63) is 77.0 Å². The molecule has 5 amide bonds. The fourth-order valence-corrected chi connectivity index (χ4v) is 4.90. The zero-order valence-electron chi connectivity index (χ0n) is 19.4. The summed E-state index contributed by atoms with van der Waals surface area (Å²) in [6.07, 6.45) is 0.692. The number of para-hydroxylation sites is 1. The summed E-state index contributed by atoms with van der Waals surface area (Å²) in [5.74, 6) is -1.17. The number of rotatable bonds is 4. The van der Waals surface area contributed by atoms with Gasteiger partial charge in [-0.25, -0.2) is 4.79 Å². The van der Waals surface area contributed by atoms with Crippen molar-refractivity contribution in [3.8, 4) is 0 Å². The van der Waals surface area contributed by atoms with Crippen molar-refractivity contribution < 1.29 is 19.2 Å². The number of nitrogens with zero attached hydrogens (tertiary/aromatic N) is 2. The van der Waals surface area contributed by atoms with Crippen LogP contribution in [0.15, 0.2) is 54.6 Å². The van der Waals surface area contributed by atoms with Crippen LogP contribution in [-0.4, -0.2) is 58.3 Å². The highest BCUT2D eigenvalue weighted by Gasteiger charge is 2.58. The van der Waals surface area contributed by atoms with Crippen LogP contribution >= 0.6 is 0 Å². The maximum Gasteiger partial charge on any atom is 0.322 e. The zero-order chi connectivity index (χ0) is 24.7. The van der Waals surface area contributed by atoms with Gasteiger partial charge in [0.25, 0.3) is 11.8 Å². The molecule has 0 aliphatic carbocycles. The van der Waals surface area contributed by atoms with E-state index in [-0.39, 0.29) is 24.9 Å². The lowest BCUT2D eigenvalue weighted by Crippen LogP contribution is -2.62. The predicted molar refractivity (Wildman–Crippen MR) is 129 cm³/mol. The van der Waals surface area contributed by atoms with Gasteiger partial charge in [-0.1, -0.05) is 30.3 Å². The minimum Gasteiger partial charge on any atom is -0.345 e. The standard InChI is InChI=1S/C26H25N5O4/c1-15-11-19(20-5-3-4-6-21(20)27-15)12-17-7-9-18(10-8-17)23(33)28-22-13-31(16(2)32)14-26(22)24(34)29-25(35)30-26/h3-11,22H,12-14H2,1-2H3,(H,28,33)(H2,29,30,34,35).